The van der Waals surface area contributed by atoms with E-state index in [1.807, 2.05) is 33.7 Å². The van der Waals surface area contributed by atoms with Crippen molar-refractivity contribution in [2.45, 2.75) is 12.8 Å². The van der Waals surface area contributed by atoms with Crippen LogP contribution in [0.5, 0.6) is 0 Å². The third-order valence-corrected chi connectivity index (χ3v) is 7.97. The van der Waals surface area contributed by atoms with Gasteiger partial charge < -0.3 is 20.0 Å². The second-order valence-electron chi connectivity index (χ2n) is 9.78. The van der Waals surface area contributed by atoms with Crippen LogP contribution in [-0.4, -0.2) is 71.5 Å². The summed E-state index contributed by atoms with van der Waals surface area (Å²) >= 11 is 12.7. The fourth-order valence-electron chi connectivity index (χ4n) is 5.46. The van der Waals surface area contributed by atoms with E-state index in [1.165, 1.54) is 11.3 Å². The smallest absolute Gasteiger partial charge is 0.242 e. The van der Waals surface area contributed by atoms with E-state index in [1.54, 1.807) is 12.4 Å². The van der Waals surface area contributed by atoms with Crippen LogP contribution in [0.15, 0.2) is 55.0 Å². The van der Waals surface area contributed by atoms with Crippen LogP contribution in [0.4, 0.5) is 17.2 Å². The van der Waals surface area contributed by atoms with Crippen LogP contribution >= 0.6 is 23.2 Å². The van der Waals surface area contributed by atoms with E-state index in [2.05, 4.69) is 45.3 Å². The first-order valence-electron chi connectivity index (χ1n) is 12.9. The Bertz CT molecular complexity index is 1480. The van der Waals surface area contributed by atoms with E-state index >= 15 is 0 Å². The standard InChI is InChI=1S/C28H29Cl2N7O/c1-34-9-4-5-19-15-20(7-8-23(19)34)26-28(37-10-3-2-6-24(37)33-26)32-18-25(38)35-11-13-36(14-12-35)27-21(29)16-31-17-22(27)30/h2-3,6-8,10,15-17,32H,4-5,9,11-14,18H2,1H3. The molecule has 1 aromatic carbocycles. The minimum atomic E-state index is 0.0421. The maximum Gasteiger partial charge on any atom is 0.242 e. The molecular formula is C28H29Cl2N7O. The molecule has 2 aliphatic rings. The molecule has 0 atom stereocenters. The van der Waals surface area contributed by atoms with Crippen molar-refractivity contribution < 1.29 is 4.79 Å². The predicted molar refractivity (Wildman–Crippen MR) is 154 cm³/mol. The first-order valence-corrected chi connectivity index (χ1v) is 13.6. The largest absolute Gasteiger partial charge is 0.374 e. The number of halogens is 2. The van der Waals surface area contributed by atoms with Gasteiger partial charge in [0.25, 0.3) is 0 Å². The third-order valence-electron chi connectivity index (χ3n) is 7.42. The number of hydrogen-bond donors (Lipinski definition) is 1. The van der Waals surface area contributed by atoms with Crippen LogP contribution < -0.4 is 15.1 Å². The fourth-order valence-corrected chi connectivity index (χ4v) is 6.06. The number of rotatable bonds is 5. The molecule has 1 saturated heterocycles. The van der Waals surface area contributed by atoms with Gasteiger partial charge in [-0.15, -0.1) is 0 Å². The molecular weight excluding hydrogens is 521 g/mol. The van der Waals surface area contributed by atoms with Crippen molar-refractivity contribution in [3.05, 3.63) is 70.6 Å². The highest BCUT2D eigenvalue weighted by atomic mass is 35.5. The number of aromatic nitrogens is 3. The third kappa shape index (κ3) is 4.63. The molecule has 5 heterocycles. The summed E-state index contributed by atoms with van der Waals surface area (Å²) in [4.78, 5) is 28.5. The minimum absolute atomic E-state index is 0.0421. The second-order valence-corrected chi connectivity index (χ2v) is 10.6. The number of nitrogens with one attached hydrogen (secondary N) is 1. The van der Waals surface area contributed by atoms with Crippen LogP contribution in [-0.2, 0) is 11.2 Å². The lowest BCUT2D eigenvalue weighted by atomic mass is 9.98. The highest BCUT2D eigenvalue weighted by molar-refractivity contribution is 6.38. The van der Waals surface area contributed by atoms with E-state index in [0.717, 1.165) is 47.8 Å². The molecule has 1 amide bonds. The summed E-state index contributed by atoms with van der Waals surface area (Å²) < 4.78 is 2.01. The lowest BCUT2D eigenvalue weighted by molar-refractivity contribution is -0.129. The summed E-state index contributed by atoms with van der Waals surface area (Å²) in [6.45, 7) is 3.74. The van der Waals surface area contributed by atoms with E-state index in [4.69, 9.17) is 28.2 Å². The van der Waals surface area contributed by atoms with Gasteiger partial charge >= 0.3 is 0 Å². The molecule has 0 aliphatic carbocycles. The van der Waals surface area contributed by atoms with Gasteiger partial charge in [0.15, 0.2) is 0 Å². The Morgan fingerprint density at radius 1 is 1.03 bits per heavy atom. The number of fused-ring (bicyclic) bond motifs is 2. The zero-order chi connectivity index (χ0) is 26.2. The lowest BCUT2D eigenvalue weighted by Crippen LogP contribution is -2.50. The molecule has 0 bridgehead atoms. The Labute approximate surface area is 231 Å². The number of imidazole rings is 1. The molecule has 6 rings (SSSR count). The van der Waals surface area contributed by atoms with Gasteiger partial charge in [-0.3, -0.25) is 14.2 Å². The SMILES string of the molecule is CN1CCCc2cc(-c3nc4ccccn4c3NCC(=O)N3CCN(c4c(Cl)cncc4Cl)CC3)ccc21. The molecule has 0 unspecified atom stereocenters. The van der Waals surface area contributed by atoms with Gasteiger partial charge in [0.1, 0.15) is 17.2 Å². The molecule has 0 radical (unpaired) electrons. The minimum Gasteiger partial charge on any atom is -0.374 e. The maximum absolute atomic E-state index is 13.2. The molecule has 2 aliphatic heterocycles. The summed E-state index contributed by atoms with van der Waals surface area (Å²) in [5.41, 5.74) is 6.14. The zero-order valence-corrected chi connectivity index (χ0v) is 22.7. The summed E-state index contributed by atoms with van der Waals surface area (Å²) in [5.74, 6) is 0.868. The van der Waals surface area contributed by atoms with E-state index in [0.29, 0.717) is 36.2 Å². The van der Waals surface area contributed by atoms with Crippen LogP contribution in [0.3, 0.4) is 0 Å². The number of carbonyl (C=O) groups is 1. The molecule has 4 aromatic rings. The van der Waals surface area contributed by atoms with Crippen LogP contribution in [0.1, 0.15) is 12.0 Å². The highest BCUT2D eigenvalue weighted by Gasteiger charge is 2.25. The summed E-state index contributed by atoms with van der Waals surface area (Å²) in [6.07, 6.45) is 7.37. The van der Waals surface area contributed by atoms with Crippen molar-refractivity contribution in [1.29, 1.82) is 0 Å². The predicted octanol–water partition coefficient (Wildman–Crippen LogP) is 4.85. The average Bonchev–Trinajstić information content (AvgIpc) is 3.30. The van der Waals surface area contributed by atoms with Gasteiger partial charge in [-0.2, -0.15) is 0 Å². The van der Waals surface area contributed by atoms with Gasteiger partial charge in [-0.1, -0.05) is 35.3 Å². The second kappa shape index (κ2) is 10.3. The molecule has 3 aromatic heterocycles. The van der Waals surface area contributed by atoms with Gasteiger partial charge in [0.2, 0.25) is 5.91 Å². The van der Waals surface area contributed by atoms with E-state index in [9.17, 15) is 4.79 Å². The molecule has 38 heavy (non-hydrogen) atoms. The number of pyridine rings is 2. The first-order chi connectivity index (χ1) is 18.5. The van der Waals surface area contributed by atoms with Crippen molar-refractivity contribution in [2.24, 2.45) is 0 Å². The number of hydrogen-bond acceptors (Lipinski definition) is 6. The molecule has 8 nitrogen and oxygen atoms in total. The first kappa shape index (κ1) is 24.8. The van der Waals surface area contributed by atoms with Crippen LogP contribution in [0.2, 0.25) is 10.0 Å². The topological polar surface area (TPSA) is 69.0 Å². The quantitative estimate of drug-likeness (QED) is 0.384. The van der Waals surface area contributed by atoms with Crippen molar-refractivity contribution in [1.82, 2.24) is 19.3 Å². The van der Waals surface area contributed by atoms with Crippen LogP contribution in [0.25, 0.3) is 16.9 Å². The summed E-state index contributed by atoms with van der Waals surface area (Å²) in [5, 5.41) is 4.46. The average molecular weight is 550 g/mol. The number of piperazine rings is 1. The molecule has 1 fully saturated rings. The highest BCUT2D eigenvalue weighted by Crippen LogP contribution is 2.35. The normalized spacial score (nSPS) is 15.6. The summed E-state index contributed by atoms with van der Waals surface area (Å²) in [6, 6.07) is 12.5. The Morgan fingerprint density at radius 2 is 1.82 bits per heavy atom. The Hall–Kier alpha value is -3.49. The van der Waals surface area contributed by atoms with E-state index < -0.39 is 0 Å². The van der Waals surface area contributed by atoms with Crippen LogP contribution in [0, 0.1) is 0 Å². The number of nitrogens with zero attached hydrogens (tertiary/aromatic N) is 6. The number of carbonyl (C=O) groups excluding carboxylic acids is 1. The number of anilines is 3. The molecule has 1 N–H and O–H groups in total. The Kier molecular flexibility index (Phi) is 6.76. The zero-order valence-electron chi connectivity index (χ0n) is 21.2. The maximum atomic E-state index is 13.2. The molecule has 196 valence electrons. The fraction of sp³-hybridized carbons (Fsp3) is 0.321. The molecule has 10 heteroatoms. The number of benzene rings is 1. The van der Waals surface area contributed by atoms with Crippen molar-refractivity contribution in [3.63, 3.8) is 0 Å². The van der Waals surface area contributed by atoms with Crippen molar-refractivity contribution in [2.75, 3.05) is 61.4 Å². The van der Waals surface area contributed by atoms with Gasteiger partial charge in [-0.05, 0) is 42.7 Å². The van der Waals surface area contributed by atoms with Gasteiger partial charge in [0.05, 0.1) is 22.3 Å². The molecule has 0 saturated carbocycles. The van der Waals surface area contributed by atoms with Crippen molar-refractivity contribution >= 4 is 51.9 Å². The molecule has 0 spiro atoms. The monoisotopic (exact) mass is 549 g/mol. The van der Waals surface area contributed by atoms with Gasteiger partial charge in [0, 0.05) is 69.6 Å². The Morgan fingerprint density at radius 3 is 2.61 bits per heavy atom. The van der Waals surface area contributed by atoms with E-state index in [-0.39, 0.29) is 12.5 Å². The lowest BCUT2D eigenvalue weighted by Gasteiger charge is -2.36. The van der Waals surface area contributed by atoms with Gasteiger partial charge in [-0.25, -0.2) is 4.98 Å². The summed E-state index contributed by atoms with van der Waals surface area (Å²) in [7, 11) is 2.14. The van der Waals surface area contributed by atoms with Crippen molar-refractivity contribution in [3.8, 4) is 11.3 Å². The number of aryl methyl sites for hydroxylation is 1. The Balaban J connectivity index is 1.19. The number of amides is 1.